The highest BCUT2D eigenvalue weighted by atomic mass is 16.3. The summed E-state index contributed by atoms with van der Waals surface area (Å²) in [7, 11) is 0. The minimum atomic E-state index is -1.81. The first-order valence-corrected chi connectivity index (χ1v) is 27.5. The molecule has 6 nitrogen and oxygen atoms in total. The summed E-state index contributed by atoms with van der Waals surface area (Å²) >= 11 is 0. The maximum atomic E-state index is 16.2. The normalized spacial score (nSPS) is 15.4. The monoisotopic (exact) mass is 1030 g/mol. The van der Waals surface area contributed by atoms with E-state index >= 15 is 4.79 Å². The maximum absolute atomic E-state index is 16.2. The van der Waals surface area contributed by atoms with E-state index in [-0.39, 0.29) is 38.8 Å². The molecule has 13 rings (SSSR count). The third-order valence-electron chi connectivity index (χ3n) is 17.1. The molecule has 386 valence electrons. The van der Waals surface area contributed by atoms with Crippen LogP contribution in [0.15, 0.2) is 255 Å². The lowest BCUT2D eigenvalue weighted by Gasteiger charge is -2.46. The zero-order valence-electron chi connectivity index (χ0n) is 43.9. The minimum absolute atomic E-state index is 0.104. The second kappa shape index (κ2) is 20.1. The van der Waals surface area contributed by atoms with Crippen LogP contribution in [-0.2, 0) is 22.4 Å². The molecule has 0 aromatic heterocycles. The van der Waals surface area contributed by atoms with E-state index in [1.54, 1.807) is 4.90 Å². The number of benzene rings is 12. The lowest BCUT2D eigenvalue weighted by molar-refractivity contribution is -0.150. The molecule has 4 unspecified atom stereocenters. The Morgan fingerprint density at radius 1 is 0.405 bits per heavy atom. The summed E-state index contributed by atoms with van der Waals surface area (Å²) < 4.78 is 0. The average Bonchev–Trinajstić information content (AvgIpc) is 4.47. The summed E-state index contributed by atoms with van der Waals surface area (Å²) in [6.45, 7) is -0.539. The molecule has 1 saturated carbocycles. The predicted molar refractivity (Wildman–Crippen MR) is 322 cm³/mol. The quantitative estimate of drug-likeness (QED) is 0.0839. The van der Waals surface area contributed by atoms with Crippen LogP contribution in [0.4, 0.5) is 0 Å². The first-order chi connectivity index (χ1) is 38.5. The number of carbonyl (C=O) groups is 2. The molecular weight excluding hydrogens is 969 g/mol. The van der Waals surface area contributed by atoms with Crippen LogP contribution in [0.25, 0.3) is 64.6 Å². The van der Waals surface area contributed by atoms with Crippen molar-refractivity contribution >= 4 is 76.4 Å². The molecule has 79 heavy (non-hydrogen) atoms. The molecule has 0 spiro atoms. The van der Waals surface area contributed by atoms with Gasteiger partial charge >= 0.3 is 0 Å². The van der Waals surface area contributed by atoms with Gasteiger partial charge in [0, 0.05) is 24.7 Å². The highest BCUT2D eigenvalue weighted by molar-refractivity contribution is 6.07. The molecule has 12 aromatic rings. The summed E-state index contributed by atoms with van der Waals surface area (Å²) in [5.41, 5.74) is 6.44. The summed E-state index contributed by atoms with van der Waals surface area (Å²) in [4.78, 5) is 31.8. The molecule has 12 aromatic carbocycles. The zero-order chi connectivity index (χ0) is 53.7. The van der Waals surface area contributed by atoms with Gasteiger partial charge in [-0.3, -0.25) is 9.59 Å². The number of hydrogen-bond acceptors (Lipinski definition) is 4. The van der Waals surface area contributed by atoms with Crippen LogP contribution in [0.3, 0.4) is 0 Å². The number of aliphatic hydroxyl groups is 2. The average molecular weight is 1030 g/mol. The Morgan fingerprint density at radius 3 is 1.11 bits per heavy atom. The molecule has 0 radical (unpaired) electrons. The van der Waals surface area contributed by atoms with Crippen molar-refractivity contribution in [3.8, 4) is 0 Å². The van der Waals surface area contributed by atoms with Crippen molar-refractivity contribution in [2.75, 3.05) is 13.1 Å². The van der Waals surface area contributed by atoms with E-state index in [9.17, 15) is 15.0 Å². The largest absolute Gasteiger partial charge is 0.387 e. The van der Waals surface area contributed by atoms with Gasteiger partial charge in [0.1, 0.15) is 5.41 Å². The van der Waals surface area contributed by atoms with Crippen molar-refractivity contribution in [2.24, 2.45) is 11.1 Å². The van der Waals surface area contributed by atoms with Crippen LogP contribution in [0.5, 0.6) is 0 Å². The fraction of sp³-hybridized carbons (Fsp3) is 0.151. The van der Waals surface area contributed by atoms with Gasteiger partial charge in [-0.05, 0) is 111 Å². The van der Waals surface area contributed by atoms with Gasteiger partial charge in [-0.25, -0.2) is 0 Å². The Morgan fingerprint density at radius 2 is 0.734 bits per heavy atom. The van der Waals surface area contributed by atoms with Crippen LogP contribution in [-0.4, -0.2) is 51.2 Å². The molecule has 0 bridgehead atoms. The smallest absolute Gasteiger partial charge is 0.238 e. The van der Waals surface area contributed by atoms with Gasteiger partial charge in [0.25, 0.3) is 0 Å². The highest BCUT2D eigenvalue weighted by Crippen LogP contribution is 2.50. The van der Waals surface area contributed by atoms with Gasteiger partial charge in [-0.2, -0.15) is 0 Å². The maximum Gasteiger partial charge on any atom is 0.238 e. The van der Waals surface area contributed by atoms with Gasteiger partial charge in [-0.15, -0.1) is 0 Å². The fourth-order valence-corrected chi connectivity index (χ4v) is 13.1. The molecule has 4 N–H and O–H groups in total. The van der Waals surface area contributed by atoms with E-state index in [4.69, 9.17) is 5.73 Å². The molecule has 2 amide bonds. The van der Waals surface area contributed by atoms with E-state index in [1.807, 2.05) is 84.9 Å². The van der Waals surface area contributed by atoms with E-state index in [0.29, 0.717) is 0 Å². The first kappa shape index (κ1) is 49.6. The number of nitrogens with zero attached hydrogens (tertiary/aromatic N) is 1. The second-order valence-electron chi connectivity index (χ2n) is 22.2. The van der Waals surface area contributed by atoms with Crippen LogP contribution < -0.4 is 5.73 Å². The number of fused-ring (bicyclic) bond motifs is 6. The Hall–Kier alpha value is -8.94. The van der Waals surface area contributed by atoms with E-state index < -0.39 is 40.3 Å². The Bertz CT molecular complexity index is 4050. The standard InChI is InChI=1S/C73H60N2O4/c74-69(76)71(39-40-71)70(77)75(47-72(78,45-49-31-33-51-15-1-5-21-57(51)41-49)67(61-37-35-53-17-3-7-23-59(53)43-61)65-29-13-25-55-19-9-11-27-63(55)65)48-73(79,46-50-32-34-52-16-2-6-22-58(52)42-50)68(62-38-36-54-18-4-8-24-60(54)44-62)66-30-14-26-56-20-10-12-28-64(56)66/h1-38,41-44,67-68,78-79H,39-40,45-48H2,(H2,74,76). The zero-order valence-corrected chi connectivity index (χ0v) is 43.9. The lowest BCUT2D eigenvalue weighted by Crippen LogP contribution is -2.59. The number of carbonyl (C=O) groups excluding carboxylic acids is 2. The minimum Gasteiger partial charge on any atom is -0.387 e. The molecular formula is C73H60N2O4. The first-order valence-electron chi connectivity index (χ1n) is 27.5. The third kappa shape index (κ3) is 9.37. The van der Waals surface area contributed by atoms with Gasteiger partial charge in [0.15, 0.2) is 0 Å². The molecule has 1 aliphatic rings. The number of rotatable bonds is 16. The van der Waals surface area contributed by atoms with Crippen molar-refractivity contribution in [2.45, 2.75) is 48.7 Å². The van der Waals surface area contributed by atoms with Crippen LogP contribution in [0.1, 0.15) is 58.1 Å². The van der Waals surface area contributed by atoms with Gasteiger partial charge in [-0.1, -0.05) is 255 Å². The van der Waals surface area contributed by atoms with Gasteiger partial charge < -0.3 is 20.8 Å². The number of amides is 2. The molecule has 1 fully saturated rings. The SMILES string of the molecule is NC(=O)C1(C(=O)N(CC(O)(Cc2ccc3ccccc3c2)C(c2ccc3ccccc3c2)c2cccc3ccccc23)CC(O)(Cc2ccc3ccccc3c2)C(c2ccc3ccccc3c2)c2cccc3ccccc23)CC1. The van der Waals surface area contributed by atoms with Crippen molar-refractivity contribution in [1.29, 1.82) is 0 Å². The summed E-state index contributed by atoms with van der Waals surface area (Å²) in [5.74, 6) is -2.72. The number of nitrogens with two attached hydrogens (primary N) is 1. The molecule has 0 aliphatic heterocycles. The van der Waals surface area contributed by atoms with Crippen molar-refractivity contribution in [3.05, 3.63) is 288 Å². The van der Waals surface area contributed by atoms with Crippen LogP contribution in [0, 0.1) is 5.41 Å². The third-order valence-corrected chi connectivity index (χ3v) is 17.1. The van der Waals surface area contributed by atoms with Crippen molar-refractivity contribution in [3.63, 3.8) is 0 Å². The number of primary amides is 1. The molecule has 1 aliphatic carbocycles. The second-order valence-corrected chi connectivity index (χ2v) is 22.2. The predicted octanol–water partition coefficient (Wildman–Crippen LogP) is 14.6. The number of hydrogen-bond donors (Lipinski definition) is 3. The summed E-state index contributed by atoms with van der Waals surface area (Å²) in [5, 5.41) is 41.9. The Labute approximate surface area is 460 Å². The Balaban J connectivity index is 1.06. The topological polar surface area (TPSA) is 104 Å². The fourth-order valence-electron chi connectivity index (χ4n) is 13.1. The van der Waals surface area contributed by atoms with Gasteiger partial charge in [0.05, 0.1) is 24.3 Å². The molecule has 4 atom stereocenters. The molecule has 0 heterocycles. The molecule has 6 heteroatoms. The summed E-state index contributed by atoms with van der Waals surface area (Å²) in [6.07, 6.45) is 0.732. The van der Waals surface area contributed by atoms with Crippen molar-refractivity contribution in [1.82, 2.24) is 4.90 Å². The highest BCUT2D eigenvalue weighted by Gasteiger charge is 2.59. The van der Waals surface area contributed by atoms with Crippen LogP contribution >= 0.6 is 0 Å². The van der Waals surface area contributed by atoms with Crippen LogP contribution in [0.2, 0.25) is 0 Å². The van der Waals surface area contributed by atoms with E-state index in [0.717, 1.165) is 98.0 Å². The molecule has 0 saturated heterocycles. The summed E-state index contributed by atoms with van der Waals surface area (Å²) in [6, 6.07) is 87.1. The lowest BCUT2D eigenvalue weighted by atomic mass is 9.70. The van der Waals surface area contributed by atoms with E-state index in [1.165, 1.54) is 0 Å². The van der Waals surface area contributed by atoms with Crippen molar-refractivity contribution < 1.29 is 19.8 Å². The van der Waals surface area contributed by atoms with Gasteiger partial charge in [0.2, 0.25) is 11.8 Å². The van der Waals surface area contributed by atoms with E-state index in [2.05, 4.69) is 170 Å². The Kier molecular flexibility index (Phi) is 12.6.